The van der Waals surface area contributed by atoms with Crippen molar-refractivity contribution in [1.82, 2.24) is 0 Å². The fraction of sp³-hybridized carbons (Fsp3) is 0.222. The molecule has 1 aromatic rings. The van der Waals surface area contributed by atoms with Gasteiger partial charge in [0.05, 0.1) is 10.5 Å². The maximum atomic E-state index is 12.5. The molecule has 1 aromatic carbocycles. The fourth-order valence-electron chi connectivity index (χ4n) is 1.18. The molecule has 0 fully saturated rings. The molecule has 0 N–H and O–H groups in total. The third-order valence-corrected chi connectivity index (χ3v) is 2.58. The van der Waals surface area contributed by atoms with E-state index in [0.29, 0.717) is 0 Å². The minimum atomic E-state index is -2.96. The number of benzene rings is 1. The normalized spacial score (nSPS) is 10.6. The van der Waals surface area contributed by atoms with Gasteiger partial charge in [0.2, 0.25) is 0 Å². The summed E-state index contributed by atoms with van der Waals surface area (Å²) in [5.74, 6) is -0.434. The van der Waals surface area contributed by atoms with E-state index in [1.54, 1.807) is 0 Å². The number of halogens is 3. The zero-order valence-corrected chi connectivity index (χ0v) is 9.62. The van der Waals surface area contributed by atoms with Gasteiger partial charge in [-0.2, -0.15) is 0 Å². The molecule has 4 nitrogen and oxygen atoms in total. The van der Waals surface area contributed by atoms with E-state index >= 15 is 0 Å². The van der Waals surface area contributed by atoms with Crippen molar-refractivity contribution in [2.75, 3.05) is 0 Å². The van der Waals surface area contributed by atoms with Crippen LogP contribution in [0.3, 0.4) is 0 Å². The highest BCUT2D eigenvalue weighted by Gasteiger charge is 2.24. The highest BCUT2D eigenvalue weighted by atomic mass is 79.9. The van der Waals surface area contributed by atoms with Crippen molar-refractivity contribution in [3.8, 4) is 0 Å². The lowest BCUT2D eigenvalue weighted by atomic mass is 10.1. The Balaban J connectivity index is 3.49. The first-order chi connectivity index (χ1) is 7.34. The molecule has 0 atom stereocenters. The van der Waals surface area contributed by atoms with E-state index in [1.807, 2.05) is 0 Å². The fourth-order valence-corrected chi connectivity index (χ4v) is 1.82. The number of carbonyl (C=O) groups excluding carboxylic acids is 1. The maximum Gasteiger partial charge on any atom is 0.279 e. The Hall–Kier alpha value is -1.37. The number of ketones is 1. The number of nitro groups is 1. The first kappa shape index (κ1) is 12.7. The Morgan fingerprint density at radius 1 is 1.50 bits per heavy atom. The van der Waals surface area contributed by atoms with Crippen molar-refractivity contribution in [2.45, 2.75) is 13.3 Å². The Labute approximate surface area is 97.5 Å². The van der Waals surface area contributed by atoms with Crippen LogP contribution in [0.2, 0.25) is 0 Å². The third-order valence-electron chi connectivity index (χ3n) is 1.93. The number of carbonyl (C=O) groups is 1. The second-order valence-corrected chi connectivity index (χ2v) is 3.86. The molecule has 0 aliphatic carbocycles. The molecule has 86 valence electrons. The van der Waals surface area contributed by atoms with Gasteiger partial charge in [0, 0.05) is 16.1 Å². The van der Waals surface area contributed by atoms with Gasteiger partial charge in [0.15, 0.2) is 5.78 Å². The van der Waals surface area contributed by atoms with Crippen LogP contribution in [0, 0.1) is 10.1 Å². The first-order valence-electron chi connectivity index (χ1n) is 4.11. The zero-order valence-electron chi connectivity index (χ0n) is 8.04. The molecule has 1 rings (SSSR count). The second-order valence-electron chi connectivity index (χ2n) is 3.00. The third kappa shape index (κ3) is 2.41. The second kappa shape index (κ2) is 4.65. The average molecular weight is 294 g/mol. The van der Waals surface area contributed by atoms with E-state index in [-0.39, 0.29) is 10.0 Å². The Bertz CT molecular complexity index is 462. The number of alkyl halides is 2. The van der Waals surface area contributed by atoms with Gasteiger partial charge in [0.25, 0.3) is 12.1 Å². The summed E-state index contributed by atoms with van der Waals surface area (Å²) < 4.78 is 25.1. The first-order valence-corrected chi connectivity index (χ1v) is 4.90. The van der Waals surface area contributed by atoms with E-state index in [0.717, 1.165) is 12.1 Å². The van der Waals surface area contributed by atoms with Crippen LogP contribution in [0.25, 0.3) is 0 Å². The number of nitro benzene ring substituents is 1. The number of Topliss-reactive ketones (excluding diaryl/α,β-unsaturated/α-hetero) is 1. The van der Waals surface area contributed by atoms with Crippen LogP contribution < -0.4 is 0 Å². The molecule has 16 heavy (non-hydrogen) atoms. The SMILES string of the molecule is CC(=O)c1cc([N+](=O)[O-])c(C(F)F)cc1Br. The van der Waals surface area contributed by atoms with E-state index in [2.05, 4.69) is 15.9 Å². The van der Waals surface area contributed by atoms with Crippen LogP contribution in [0.4, 0.5) is 14.5 Å². The Kier molecular flexibility index (Phi) is 3.69. The van der Waals surface area contributed by atoms with Gasteiger partial charge < -0.3 is 0 Å². The highest BCUT2D eigenvalue weighted by Crippen LogP contribution is 2.33. The monoisotopic (exact) mass is 293 g/mol. The van der Waals surface area contributed by atoms with E-state index in [4.69, 9.17) is 0 Å². The van der Waals surface area contributed by atoms with Gasteiger partial charge in [0.1, 0.15) is 0 Å². The summed E-state index contributed by atoms with van der Waals surface area (Å²) in [4.78, 5) is 20.7. The molecule has 0 aromatic heterocycles. The van der Waals surface area contributed by atoms with Crippen molar-refractivity contribution in [3.63, 3.8) is 0 Å². The number of rotatable bonds is 3. The van der Waals surface area contributed by atoms with Crippen molar-refractivity contribution >= 4 is 27.4 Å². The Morgan fingerprint density at radius 2 is 2.06 bits per heavy atom. The molecular formula is C9H6BrF2NO3. The standard InChI is InChI=1S/C9H6BrF2NO3/c1-4(14)5-3-8(13(15)16)6(9(11)12)2-7(5)10/h2-3,9H,1H3. The van der Waals surface area contributed by atoms with Crippen LogP contribution in [-0.2, 0) is 0 Å². The van der Waals surface area contributed by atoms with Gasteiger partial charge >= 0.3 is 0 Å². The number of hydrogen-bond donors (Lipinski definition) is 0. The van der Waals surface area contributed by atoms with Gasteiger partial charge in [-0.05, 0) is 13.0 Å². The van der Waals surface area contributed by atoms with E-state index in [1.165, 1.54) is 6.92 Å². The van der Waals surface area contributed by atoms with Crippen LogP contribution in [-0.4, -0.2) is 10.7 Å². The molecule has 0 spiro atoms. The smallest absolute Gasteiger partial charge is 0.279 e. The minimum absolute atomic E-state index is 0.0103. The van der Waals surface area contributed by atoms with Crippen LogP contribution >= 0.6 is 15.9 Å². The molecule has 0 unspecified atom stereocenters. The molecule has 0 aliphatic heterocycles. The zero-order chi connectivity index (χ0) is 12.5. The summed E-state index contributed by atoms with van der Waals surface area (Å²) in [5, 5.41) is 10.6. The summed E-state index contributed by atoms with van der Waals surface area (Å²) in [6.45, 7) is 1.20. The minimum Gasteiger partial charge on any atom is -0.294 e. The predicted molar refractivity (Wildman–Crippen MR) is 55.8 cm³/mol. The topological polar surface area (TPSA) is 60.2 Å². The summed E-state index contributed by atoms with van der Waals surface area (Å²) >= 11 is 2.92. The van der Waals surface area contributed by atoms with Gasteiger partial charge in [-0.15, -0.1) is 0 Å². The summed E-state index contributed by atoms with van der Waals surface area (Å²) in [5.41, 5.74) is -1.44. The summed E-state index contributed by atoms with van der Waals surface area (Å²) in [6, 6.07) is 1.76. The molecule has 0 heterocycles. The predicted octanol–water partition coefficient (Wildman–Crippen LogP) is 3.50. The number of hydrogen-bond acceptors (Lipinski definition) is 3. The molecule has 0 radical (unpaired) electrons. The highest BCUT2D eigenvalue weighted by molar-refractivity contribution is 9.10. The molecule has 0 saturated carbocycles. The lowest BCUT2D eigenvalue weighted by Crippen LogP contribution is -2.01. The number of nitrogens with zero attached hydrogens (tertiary/aromatic N) is 1. The van der Waals surface area contributed by atoms with Crippen molar-refractivity contribution in [2.24, 2.45) is 0 Å². The van der Waals surface area contributed by atoms with Gasteiger partial charge in [-0.25, -0.2) is 8.78 Å². The van der Waals surface area contributed by atoms with Gasteiger partial charge in [-0.1, -0.05) is 15.9 Å². The molecule has 0 amide bonds. The average Bonchev–Trinajstić information content (AvgIpc) is 2.15. The molecule has 7 heteroatoms. The van der Waals surface area contributed by atoms with Crippen LogP contribution in [0.1, 0.15) is 29.3 Å². The lowest BCUT2D eigenvalue weighted by molar-refractivity contribution is -0.386. The van der Waals surface area contributed by atoms with E-state index in [9.17, 15) is 23.7 Å². The van der Waals surface area contributed by atoms with Crippen LogP contribution in [0.15, 0.2) is 16.6 Å². The summed E-state index contributed by atoms with van der Waals surface area (Å²) in [6.07, 6.45) is -2.96. The summed E-state index contributed by atoms with van der Waals surface area (Å²) in [7, 11) is 0. The molecule has 0 aliphatic rings. The van der Waals surface area contributed by atoms with Crippen molar-refractivity contribution < 1.29 is 18.5 Å². The molecular weight excluding hydrogens is 288 g/mol. The molecule has 0 bridgehead atoms. The van der Waals surface area contributed by atoms with Gasteiger partial charge in [-0.3, -0.25) is 14.9 Å². The van der Waals surface area contributed by atoms with Crippen molar-refractivity contribution in [1.29, 1.82) is 0 Å². The van der Waals surface area contributed by atoms with E-state index < -0.39 is 28.4 Å². The van der Waals surface area contributed by atoms with Crippen molar-refractivity contribution in [3.05, 3.63) is 37.8 Å². The molecule has 0 saturated heterocycles. The lowest BCUT2D eigenvalue weighted by Gasteiger charge is -2.05. The largest absolute Gasteiger partial charge is 0.294 e. The van der Waals surface area contributed by atoms with Crippen LogP contribution in [0.5, 0.6) is 0 Å². The maximum absolute atomic E-state index is 12.5. The Morgan fingerprint density at radius 3 is 2.44 bits per heavy atom. The quantitative estimate of drug-likeness (QED) is 0.487.